The van der Waals surface area contributed by atoms with Crippen molar-refractivity contribution in [2.45, 2.75) is 6.92 Å². The second-order valence-corrected chi connectivity index (χ2v) is 5.26. The number of hydrogen-bond donors (Lipinski definition) is 1. The van der Waals surface area contributed by atoms with Gasteiger partial charge in [-0.1, -0.05) is 30.3 Å². The number of carbonyl (C=O) groups is 1. The predicted molar refractivity (Wildman–Crippen MR) is 90.4 cm³/mol. The second-order valence-electron chi connectivity index (χ2n) is 5.26. The number of nitrogens with zero attached hydrogens (tertiary/aromatic N) is 2. The molecule has 1 N–H and O–H groups in total. The molecule has 0 saturated carbocycles. The Morgan fingerprint density at radius 3 is 2.39 bits per heavy atom. The van der Waals surface area contributed by atoms with Crippen LogP contribution >= 0.6 is 0 Å². The molecule has 1 amide bonds. The molecule has 0 unspecified atom stereocenters. The number of amides is 1. The Hall–Kier alpha value is -2.95. The maximum absolute atomic E-state index is 12.2. The van der Waals surface area contributed by atoms with Gasteiger partial charge >= 0.3 is 0 Å². The molecule has 2 aromatic carbocycles. The van der Waals surface area contributed by atoms with Crippen LogP contribution in [0.25, 0.3) is 22.0 Å². The summed E-state index contributed by atoms with van der Waals surface area (Å²) in [6.07, 6.45) is 0. The molecule has 0 atom stereocenters. The number of carbonyl (C=O) groups excluding carboxylic acids is 1. The van der Waals surface area contributed by atoms with Crippen LogP contribution < -0.4 is 10.9 Å². The first-order chi connectivity index (χ1) is 11.1. The third-order valence-corrected chi connectivity index (χ3v) is 3.71. The average molecular weight is 307 g/mol. The summed E-state index contributed by atoms with van der Waals surface area (Å²) in [7, 11) is 1.64. The summed E-state index contributed by atoms with van der Waals surface area (Å²) < 4.78 is 1.34. The number of nitrogens with one attached hydrogen (secondary N) is 1. The molecule has 0 radical (unpaired) electrons. The van der Waals surface area contributed by atoms with Gasteiger partial charge in [0.1, 0.15) is 0 Å². The lowest BCUT2D eigenvalue weighted by Crippen LogP contribution is -2.22. The number of benzene rings is 2. The summed E-state index contributed by atoms with van der Waals surface area (Å²) in [6, 6.07) is 14.6. The molecule has 5 nitrogen and oxygen atoms in total. The highest BCUT2D eigenvalue weighted by molar-refractivity contribution is 5.96. The highest BCUT2D eigenvalue weighted by Crippen LogP contribution is 2.24. The zero-order valence-electron chi connectivity index (χ0n) is 13.0. The van der Waals surface area contributed by atoms with Crippen molar-refractivity contribution in [1.82, 2.24) is 15.1 Å². The van der Waals surface area contributed by atoms with E-state index in [1.165, 1.54) is 4.68 Å². The van der Waals surface area contributed by atoms with E-state index in [1.54, 1.807) is 25.2 Å². The van der Waals surface area contributed by atoms with Gasteiger partial charge < -0.3 is 5.32 Å². The van der Waals surface area contributed by atoms with Crippen molar-refractivity contribution < 1.29 is 4.79 Å². The smallest absolute Gasteiger partial charge is 0.274 e. The van der Waals surface area contributed by atoms with E-state index in [4.69, 9.17) is 0 Å². The maximum Gasteiger partial charge on any atom is 0.274 e. The van der Waals surface area contributed by atoms with E-state index in [-0.39, 0.29) is 11.5 Å². The van der Waals surface area contributed by atoms with Gasteiger partial charge in [-0.25, -0.2) is 4.68 Å². The molecule has 0 bridgehead atoms. The minimum Gasteiger partial charge on any atom is -0.352 e. The quantitative estimate of drug-likeness (QED) is 0.808. The van der Waals surface area contributed by atoms with E-state index in [2.05, 4.69) is 10.4 Å². The molecule has 0 spiro atoms. The monoisotopic (exact) mass is 307 g/mol. The number of aromatic nitrogens is 2. The number of hydrogen-bond acceptors (Lipinski definition) is 3. The summed E-state index contributed by atoms with van der Waals surface area (Å²) in [4.78, 5) is 24.0. The van der Waals surface area contributed by atoms with Gasteiger partial charge in [-0.2, -0.15) is 5.10 Å². The van der Waals surface area contributed by atoms with Crippen molar-refractivity contribution in [2.24, 2.45) is 7.05 Å². The molecule has 116 valence electrons. The van der Waals surface area contributed by atoms with Crippen molar-refractivity contribution in [3.05, 3.63) is 64.4 Å². The summed E-state index contributed by atoms with van der Waals surface area (Å²) in [5.74, 6) is -0.0997. The van der Waals surface area contributed by atoms with E-state index in [1.807, 2.05) is 37.3 Å². The van der Waals surface area contributed by atoms with Crippen LogP contribution in [0.5, 0.6) is 0 Å². The predicted octanol–water partition coefficient (Wildman–Crippen LogP) is 2.35. The first-order valence-corrected chi connectivity index (χ1v) is 7.46. The Morgan fingerprint density at radius 2 is 1.74 bits per heavy atom. The minimum absolute atomic E-state index is 0.0997. The van der Waals surface area contributed by atoms with E-state index in [0.29, 0.717) is 17.5 Å². The van der Waals surface area contributed by atoms with Crippen LogP contribution in [-0.4, -0.2) is 22.2 Å². The number of fused-ring (bicyclic) bond motifs is 1. The van der Waals surface area contributed by atoms with Crippen LogP contribution in [0, 0.1) is 0 Å². The maximum atomic E-state index is 12.2. The standard InChI is InChI=1S/C18H17N3O2/c1-3-19-17(22)13-10-8-12(9-11-13)16-14-6-4-5-7-15(14)18(23)21(2)20-16/h4-11H,3H2,1-2H3,(H,19,22). The van der Waals surface area contributed by atoms with E-state index < -0.39 is 0 Å². The van der Waals surface area contributed by atoms with Crippen LogP contribution in [0.4, 0.5) is 0 Å². The van der Waals surface area contributed by atoms with Gasteiger partial charge in [0.25, 0.3) is 11.5 Å². The van der Waals surface area contributed by atoms with Crippen molar-refractivity contribution in [3.63, 3.8) is 0 Å². The van der Waals surface area contributed by atoms with Crippen LogP contribution in [0.1, 0.15) is 17.3 Å². The van der Waals surface area contributed by atoms with Gasteiger partial charge in [0.15, 0.2) is 0 Å². The molecule has 5 heteroatoms. The SMILES string of the molecule is CCNC(=O)c1ccc(-c2nn(C)c(=O)c3ccccc23)cc1. The van der Waals surface area contributed by atoms with Crippen LogP contribution in [-0.2, 0) is 7.05 Å². The highest BCUT2D eigenvalue weighted by atomic mass is 16.1. The van der Waals surface area contributed by atoms with Crippen LogP contribution in [0.3, 0.4) is 0 Å². The molecule has 0 aliphatic rings. The molecular weight excluding hydrogens is 290 g/mol. The van der Waals surface area contributed by atoms with Crippen LogP contribution in [0.2, 0.25) is 0 Å². The third kappa shape index (κ3) is 2.73. The third-order valence-electron chi connectivity index (χ3n) is 3.71. The second kappa shape index (κ2) is 6.04. The molecule has 1 heterocycles. The fraction of sp³-hybridized carbons (Fsp3) is 0.167. The molecule has 23 heavy (non-hydrogen) atoms. The lowest BCUT2D eigenvalue weighted by atomic mass is 10.0. The summed E-state index contributed by atoms with van der Waals surface area (Å²) in [5.41, 5.74) is 2.07. The minimum atomic E-state index is -0.122. The van der Waals surface area contributed by atoms with Gasteiger partial charge in [-0.15, -0.1) is 0 Å². The molecule has 1 aromatic heterocycles. The van der Waals surface area contributed by atoms with Gasteiger partial charge in [-0.3, -0.25) is 9.59 Å². The van der Waals surface area contributed by atoms with Gasteiger partial charge in [0, 0.05) is 30.1 Å². The van der Waals surface area contributed by atoms with Crippen molar-refractivity contribution >= 4 is 16.7 Å². The summed E-state index contributed by atoms with van der Waals surface area (Å²) in [6.45, 7) is 2.47. The summed E-state index contributed by atoms with van der Waals surface area (Å²) in [5, 5.41) is 8.59. The van der Waals surface area contributed by atoms with E-state index in [0.717, 1.165) is 16.6 Å². The number of rotatable bonds is 3. The summed E-state index contributed by atoms with van der Waals surface area (Å²) >= 11 is 0. The Balaban J connectivity index is 2.12. The van der Waals surface area contributed by atoms with Gasteiger partial charge in [0.2, 0.25) is 0 Å². The first-order valence-electron chi connectivity index (χ1n) is 7.46. The lowest BCUT2D eigenvalue weighted by Gasteiger charge is -2.09. The fourth-order valence-corrected chi connectivity index (χ4v) is 2.56. The molecule has 3 aromatic rings. The molecule has 0 aliphatic carbocycles. The topological polar surface area (TPSA) is 64.0 Å². The van der Waals surface area contributed by atoms with Gasteiger partial charge in [0.05, 0.1) is 11.1 Å². The average Bonchev–Trinajstić information content (AvgIpc) is 2.58. The Kier molecular flexibility index (Phi) is 3.93. The number of aryl methyl sites for hydroxylation is 1. The Morgan fingerprint density at radius 1 is 1.09 bits per heavy atom. The zero-order chi connectivity index (χ0) is 16.4. The Bertz CT molecular complexity index is 927. The largest absolute Gasteiger partial charge is 0.352 e. The molecule has 0 fully saturated rings. The van der Waals surface area contributed by atoms with E-state index in [9.17, 15) is 9.59 Å². The lowest BCUT2D eigenvalue weighted by molar-refractivity contribution is 0.0956. The van der Waals surface area contributed by atoms with Crippen molar-refractivity contribution in [1.29, 1.82) is 0 Å². The first kappa shape index (κ1) is 15.0. The van der Waals surface area contributed by atoms with E-state index >= 15 is 0 Å². The highest BCUT2D eigenvalue weighted by Gasteiger charge is 2.11. The van der Waals surface area contributed by atoms with Crippen molar-refractivity contribution in [2.75, 3.05) is 6.54 Å². The van der Waals surface area contributed by atoms with Crippen LogP contribution in [0.15, 0.2) is 53.3 Å². The molecule has 3 rings (SSSR count). The zero-order valence-corrected chi connectivity index (χ0v) is 13.0. The molecular formula is C18H17N3O2. The van der Waals surface area contributed by atoms with Crippen molar-refractivity contribution in [3.8, 4) is 11.3 Å². The molecule has 0 aliphatic heterocycles. The molecule has 0 saturated heterocycles. The van der Waals surface area contributed by atoms with Gasteiger partial charge in [-0.05, 0) is 25.1 Å². The normalized spacial score (nSPS) is 10.7. The fourth-order valence-electron chi connectivity index (χ4n) is 2.56. The Labute approximate surface area is 133 Å².